The maximum Gasteiger partial charge on any atom is 0.329 e. The van der Waals surface area contributed by atoms with Crippen LogP contribution in [0.4, 0.5) is 17.5 Å². The Morgan fingerprint density at radius 2 is 2.20 bits per heavy atom. The Hall–Kier alpha value is -2.45. The van der Waals surface area contributed by atoms with Crippen LogP contribution < -0.4 is 11.1 Å². The number of nitrogens with one attached hydrogen (secondary N) is 1. The predicted octanol–water partition coefficient (Wildman–Crippen LogP) is 0.391. The quantitative estimate of drug-likeness (QED) is 0.589. The van der Waals surface area contributed by atoms with Crippen LogP contribution in [-0.4, -0.2) is 45.3 Å². The maximum absolute atomic E-state index is 11.8. The van der Waals surface area contributed by atoms with E-state index in [2.05, 4.69) is 15.3 Å². The zero-order valence-corrected chi connectivity index (χ0v) is 10.9. The first-order valence-electron chi connectivity index (χ1n) is 6.36. The topological polar surface area (TPSA) is 127 Å². The lowest BCUT2D eigenvalue weighted by molar-refractivity contribution is -0.384. The van der Waals surface area contributed by atoms with Crippen LogP contribution in [0.1, 0.15) is 19.3 Å². The summed E-state index contributed by atoms with van der Waals surface area (Å²) in [6, 6.07) is 0. The summed E-state index contributed by atoms with van der Waals surface area (Å²) in [6.45, 7) is 1.85. The fraction of sp³-hybridized carbons (Fsp3) is 0.545. The fourth-order valence-electron chi connectivity index (χ4n) is 2.07. The first kappa shape index (κ1) is 14.0. The molecular formula is C11H16N6O3. The maximum atomic E-state index is 11.8. The van der Waals surface area contributed by atoms with E-state index < -0.39 is 4.92 Å². The van der Waals surface area contributed by atoms with Crippen LogP contribution in [-0.2, 0) is 4.79 Å². The molecule has 108 valence electrons. The van der Waals surface area contributed by atoms with Crippen molar-refractivity contribution in [3.63, 3.8) is 0 Å². The summed E-state index contributed by atoms with van der Waals surface area (Å²) >= 11 is 0. The minimum Gasteiger partial charge on any atom is -0.368 e. The zero-order chi connectivity index (χ0) is 14.5. The lowest BCUT2D eigenvalue weighted by Gasteiger charge is -2.15. The molecule has 2 heterocycles. The normalized spacial score (nSPS) is 14.3. The van der Waals surface area contributed by atoms with Gasteiger partial charge in [0.05, 0.1) is 4.92 Å². The third kappa shape index (κ3) is 3.31. The van der Waals surface area contributed by atoms with Crippen molar-refractivity contribution in [1.29, 1.82) is 0 Å². The van der Waals surface area contributed by atoms with E-state index in [0.717, 1.165) is 32.1 Å². The first-order valence-corrected chi connectivity index (χ1v) is 6.36. The molecule has 2 rings (SSSR count). The van der Waals surface area contributed by atoms with E-state index in [-0.39, 0.29) is 36.3 Å². The van der Waals surface area contributed by atoms with Crippen LogP contribution in [0.5, 0.6) is 0 Å². The van der Waals surface area contributed by atoms with Gasteiger partial charge in [0.25, 0.3) is 0 Å². The molecule has 1 aromatic heterocycles. The zero-order valence-electron chi connectivity index (χ0n) is 10.9. The molecule has 0 saturated carbocycles. The summed E-state index contributed by atoms with van der Waals surface area (Å²) in [4.78, 5) is 31.2. The van der Waals surface area contributed by atoms with Crippen LogP contribution in [0, 0.1) is 10.1 Å². The number of anilines is 2. The van der Waals surface area contributed by atoms with E-state index >= 15 is 0 Å². The van der Waals surface area contributed by atoms with Gasteiger partial charge in [0.1, 0.15) is 6.20 Å². The van der Waals surface area contributed by atoms with Gasteiger partial charge in [0, 0.05) is 26.1 Å². The SMILES string of the molecule is Nc1ncc([N+](=O)[O-])c(NCCC(=O)N2CCCC2)n1. The van der Waals surface area contributed by atoms with Crippen molar-refractivity contribution in [1.82, 2.24) is 14.9 Å². The van der Waals surface area contributed by atoms with Gasteiger partial charge in [-0.1, -0.05) is 0 Å². The number of likely N-dealkylation sites (tertiary alicyclic amines) is 1. The number of carbonyl (C=O) groups is 1. The van der Waals surface area contributed by atoms with Crippen LogP contribution in [0.15, 0.2) is 6.20 Å². The van der Waals surface area contributed by atoms with Gasteiger partial charge in [-0.2, -0.15) is 4.98 Å². The van der Waals surface area contributed by atoms with Crippen molar-refractivity contribution in [3.8, 4) is 0 Å². The molecule has 0 bridgehead atoms. The smallest absolute Gasteiger partial charge is 0.329 e. The van der Waals surface area contributed by atoms with E-state index in [1.807, 2.05) is 0 Å². The molecule has 1 fully saturated rings. The molecule has 0 aromatic carbocycles. The summed E-state index contributed by atoms with van der Waals surface area (Å²) in [6.07, 6.45) is 3.38. The summed E-state index contributed by atoms with van der Waals surface area (Å²) in [7, 11) is 0. The number of carbonyl (C=O) groups excluding carboxylic acids is 1. The van der Waals surface area contributed by atoms with Gasteiger partial charge in [-0.3, -0.25) is 14.9 Å². The Balaban J connectivity index is 1.91. The molecule has 0 radical (unpaired) electrons. The Kier molecular flexibility index (Phi) is 4.28. The number of nitrogen functional groups attached to an aromatic ring is 1. The summed E-state index contributed by atoms with van der Waals surface area (Å²) < 4.78 is 0. The molecule has 0 atom stereocenters. The van der Waals surface area contributed by atoms with Gasteiger partial charge in [-0.25, -0.2) is 4.98 Å². The molecule has 9 nitrogen and oxygen atoms in total. The Labute approximate surface area is 115 Å². The number of hydrogen-bond acceptors (Lipinski definition) is 7. The number of nitrogens with two attached hydrogens (primary N) is 1. The highest BCUT2D eigenvalue weighted by molar-refractivity contribution is 5.77. The molecule has 1 aliphatic heterocycles. The van der Waals surface area contributed by atoms with Crippen molar-refractivity contribution in [2.24, 2.45) is 0 Å². The minimum absolute atomic E-state index is 0.0386. The highest BCUT2D eigenvalue weighted by Crippen LogP contribution is 2.21. The molecular weight excluding hydrogens is 264 g/mol. The van der Waals surface area contributed by atoms with Gasteiger partial charge in [0.2, 0.25) is 17.7 Å². The standard InChI is InChI=1S/C11H16N6O3/c12-11-14-7-8(17(19)20)10(15-11)13-4-3-9(18)16-5-1-2-6-16/h7H,1-6H2,(H3,12,13,14,15). The largest absolute Gasteiger partial charge is 0.368 e. The van der Waals surface area contributed by atoms with Crippen LogP contribution >= 0.6 is 0 Å². The summed E-state index contributed by atoms with van der Waals surface area (Å²) in [5.41, 5.74) is 5.14. The van der Waals surface area contributed by atoms with E-state index in [0.29, 0.717) is 0 Å². The van der Waals surface area contributed by atoms with Gasteiger partial charge in [0.15, 0.2) is 0 Å². The number of nitrogens with zero attached hydrogens (tertiary/aromatic N) is 4. The second-order valence-corrected chi connectivity index (χ2v) is 4.48. The molecule has 0 unspecified atom stereocenters. The molecule has 1 aromatic rings. The molecule has 1 aliphatic rings. The predicted molar refractivity (Wildman–Crippen MR) is 72.0 cm³/mol. The van der Waals surface area contributed by atoms with Crippen molar-refractivity contribution in [2.75, 3.05) is 30.7 Å². The number of nitro groups is 1. The number of amides is 1. The third-order valence-electron chi connectivity index (χ3n) is 3.07. The van der Waals surface area contributed by atoms with Gasteiger partial charge >= 0.3 is 5.69 Å². The van der Waals surface area contributed by atoms with E-state index in [1.54, 1.807) is 4.90 Å². The van der Waals surface area contributed by atoms with E-state index in [9.17, 15) is 14.9 Å². The van der Waals surface area contributed by atoms with Gasteiger partial charge in [-0.05, 0) is 12.8 Å². The monoisotopic (exact) mass is 280 g/mol. The third-order valence-corrected chi connectivity index (χ3v) is 3.07. The molecule has 1 saturated heterocycles. The molecule has 3 N–H and O–H groups in total. The first-order chi connectivity index (χ1) is 9.58. The number of hydrogen-bond donors (Lipinski definition) is 2. The molecule has 1 amide bonds. The van der Waals surface area contributed by atoms with Crippen molar-refractivity contribution in [2.45, 2.75) is 19.3 Å². The molecule has 20 heavy (non-hydrogen) atoms. The van der Waals surface area contributed by atoms with Crippen LogP contribution in [0.3, 0.4) is 0 Å². The van der Waals surface area contributed by atoms with Gasteiger partial charge < -0.3 is 16.0 Å². The summed E-state index contributed by atoms with van der Waals surface area (Å²) in [5.74, 6) is 0.0281. The Morgan fingerprint density at radius 3 is 2.85 bits per heavy atom. The van der Waals surface area contributed by atoms with Crippen molar-refractivity contribution < 1.29 is 9.72 Å². The van der Waals surface area contributed by atoms with Crippen molar-refractivity contribution in [3.05, 3.63) is 16.3 Å². The highest BCUT2D eigenvalue weighted by Gasteiger charge is 2.19. The van der Waals surface area contributed by atoms with E-state index in [1.165, 1.54) is 0 Å². The molecule has 0 spiro atoms. The Morgan fingerprint density at radius 1 is 1.50 bits per heavy atom. The lowest BCUT2D eigenvalue weighted by atomic mass is 10.3. The molecule has 9 heteroatoms. The minimum atomic E-state index is -0.593. The highest BCUT2D eigenvalue weighted by atomic mass is 16.6. The second-order valence-electron chi connectivity index (χ2n) is 4.48. The molecule has 0 aliphatic carbocycles. The second kappa shape index (κ2) is 6.13. The van der Waals surface area contributed by atoms with Gasteiger partial charge in [-0.15, -0.1) is 0 Å². The van der Waals surface area contributed by atoms with Crippen LogP contribution in [0.25, 0.3) is 0 Å². The Bertz CT molecular complexity index is 515. The van der Waals surface area contributed by atoms with Crippen molar-refractivity contribution >= 4 is 23.4 Å². The van der Waals surface area contributed by atoms with Crippen LogP contribution in [0.2, 0.25) is 0 Å². The average molecular weight is 280 g/mol. The fourth-order valence-corrected chi connectivity index (χ4v) is 2.07. The summed E-state index contributed by atoms with van der Waals surface area (Å²) in [5, 5.41) is 13.6. The lowest BCUT2D eigenvalue weighted by Crippen LogP contribution is -2.29. The van der Waals surface area contributed by atoms with E-state index in [4.69, 9.17) is 5.73 Å². The number of rotatable bonds is 5. The number of aromatic nitrogens is 2. The average Bonchev–Trinajstić information content (AvgIpc) is 2.92.